The van der Waals surface area contributed by atoms with E-state index in [0.29, 0.717) is 40.8 Å². The molecule has 178 valence electrons. The molecule has 0 saturated carbocycles. The van der Waals surface area contributed by atoms with Crippen LogP contribution in [0, 0.1) is 0 Å². The molecule has 2 N–H and O–H groups in total. The van der Waals surface area contributed by atoms with E-state index in [0.717, 1.165) is 4.90 Å². The highest BCUT2D eigenvalue weighted by molar-refractivity contribution is 8.00. The number of amides is 2. The molecule has 0 radical (unpaired) electrons. The summed E-state index contributed by atoms with van der Waals surface area (Å²) in [7, 11) is 3.06. The van der Waals surface area contributed by atoms with Crippen molar-refractivity contribution in [2.75, 3.05) is 31.5 Å². The lowest BCUT2D eigenvalue weighted by molar-refractivity contribution is -0.115. The van der Waals surface area contributed by atoms with Gasteiger partial charge in [-0.2, -0.15) is 0 Å². The SMILES string of the molecule is CCOc1ccccc1NC(=O)C(C)Sc1cccc(NC(=O)c2ccc(OC)c(OC)c2)c1. The zero-order chi connectivity index (χ0) is 24.5. The summed E-state index contributed by atoms with van der Waals surface area (Å²) in [6, 6.07) is 19.7. The number of hydrogen-bond acceptors (Lipinski definition) is 6. The second-order valence-corrected chi connectivity index (χ2v) is 8.64. The summed E-state index contributed by atoms with van der Waals surface area (Å²) in [5, 5.41) is 5.44. The first-order valence-electron chi connectivity index (χ1n) is 10.8. The van der Waals surface area contributed by atoms with Crippen molar-refractivity contribution in [2.45, 2.75) is 24.0 Å². The fraction of sp³-hybridized carbons (Fsp3) is 0.231. The number of carbonyl (C=O) groups is 2. The van der Waals surface area contributed by atoms with Crippen molar-refractivity contribution in [3.8, 4) is 17.2 Å². The molecule has 3 aromatic carbocycles. The number of nitrogens with one attached hydrogen (secondary N) is 2. The maximum Gasteiger partial charge on any atom is 0.255 e. The Balaban J connectivity index is 1.65. The standard InChI is InChI=1S/C26H28N2O5S/c1-5-33-22-12-7-6-11-21(22)28-25(29)17(2)34-20-10-8-9-19(16-20)27-26(30)18-13-14-23(31-3)24(15-18)32-4/h6-17H,5H2,1-4H3,(H,27,30)(H,28,29). The van der Waals surface area contributed by atoms with E-state index in [1.807, 2.05) is 56.3 Å². The van der Waals surface area contributed by atoms with Crippen LogP contribution in [0.5, 0.6) is 17.2 Å². The zero-order valence-electron chi connectivity index (χ0n) is 19.6. The minimum absolute atomic E-state index is 0.142. The van der Waals surface area contributed by atoms with Gasteiger partial charge in [0.2, 0.25) is 5.91 Å². The van der Waals surface area contributed by atoms with E-state index in [2.05, 4.69) is 10.6 Å². The van der Waals surface area contributed by atoms with Crippen LogP contribution in [0.4, 0.5) is 11.4 Å². The van der Waals surface area contributed by atoms with E-state index in [-0.39, 0.29) is 17.1 Å². The number of anilines is 2. The quantitative estimate of drug-likeness (QED) is 0.374. The van der Waals surface area contributed by atoms with E-state index in [9.17, 15) is 9.59 Å². The lowest BCUT2D eigenvalue weighted by Crippen LogP contribution is -2.22. The number of methoxy groups -OCH3 is 2. The van der Waals surface area contributed by atoms with Gasteiger partial charge in [0.25, 0.3) is 5.91 Å². The summed E-state index contributed by atoms with van der Waals surface area (Å²) in [5.74, 6) is 1.24. The molecular formula is C26H28N2O5S. The van der Waals surface area contributed by atoms with Gasteiger partial charge >= 0.3 is 0 Å². The van der Waals surface area contributed by atoms with Gasteiger partial charge in [-0.25, -0.2) is 0 Å². The molecule has 0 bridgehead atoms. The van der Waals surface area contributed by atoms with Crippen LogP contribution in [0.1, 0.15) is 24.2 Å². The Kier molecular flexibility index (Phi) is 8.81. The van der Waals surface area contributed by atoms with Crippen LogP contribution < -0.4 is 24.8 Å². The summed E-state index contributed by atoms with van der Waals surface area (Å²) >= 11 is 1.40. The summed E-state index contributed by atoms with van der Waals surface area (Å²) in [6.07, 6.45) is 0. The topological polar surface area (TPSA) is 85.9 Å². The Hall–Kier alpha value is -3.65. The molecule has 0 aliphatic carbocycles. The van der Waals surface area contributed by atoms with Crippen molar-refractivity contribution < 1.29 is 23.8 Å². The van der Waals surface area contributed by atoms with Crippen LogP contribution in [-0.2, 0) is 4.79 Å². The first kappa shape index (κ1) is 25.0. The fourth-order valence-corrected chi connectivity index (χ4v) is 4.10. The predicted octanol–water partition coefficient (Wildman–Crippen LogP) is 5.47. The van der Waals surface area contributed by atoms with Crippen molar-refractivity contribution in [2.24, 2.45) is 0 Å². The van der Waals surface area contributed by atoms with Gasteiger partial charge < -0.3 is 24.8 Å². The Morgan fingerprint density at radius 3 is 2.38 bits per heavy atom. The molecular weight excluding hydrogens is 452 g/mol. The minimum Gasteiger partial charge on any atom is -0.493 e. The van der Waals surface area contributed by atoms with Crippen LogP contribution in [0.3, 0.4) is 0 Å². The number of ether oxygens (including phenoxy) is 3. The Labute approximate surface area is 203 Å². The minimum atomic E-state index is -0.369. The van der Waals surface area contributed by atoms with Crippen LogP contribution in [0.25, 0.3) is 0 Å². The third-order valence-corrected chi connectivity index (χ3v) is 5.96. The van der Waals surface area contributed by atoms with E-state index < -0.39 is 0 Å². The second-order valence-electron chi connectivity index (χ2n) is 7.23. The van der Waals surface area contributed by atoms with Crippen molar-refractivity contribution in [3.63, 3.8) is 0 Å². The van der Waals surface area contributed by atoms with E-state index in [1.54, 1.807) is 31.4 Å². The molecule has 2 amide bonds. The molecule has 1 unspecified atom stereocenters. The van der Waals surface area contributed by atoms with E-state index in [1.165, 1.54) is 18.9 Å². The number of rotatable bonds is 10. The maximum atomic E-state index is 12.8. The Bertz CT molecular complexity index is 1150. The summed E-state index contributed by atoms with van der Waals surface area (Å²) in [5.41, 5.74) is 1.70. The average molecular weight is 481 g/mol. The summed E-state index contributed by atoms with van der Waals surface area (Å²) in [6.45, 7) is 4.24. The highest BCUT2D eigenvalue weighted by Crippen LogP contribution is 2.30. The fourth-order valence-electron chi connectivity index (χ4n) is 3.17. The van der Waals surface area contributed by atoms with Gasteiger partial charge in [0.1, 0.15) is 5.75 Å². The van der Waals surface area contributed by atoms with Crippen molar-refractivity contribution >= 4 is 35.0 Å². The lowest BCUT2D eigenvalue weighted by Gasteiger charge is -2.15. The number of benzene rings is 3. The van der Waals surface area contributed by atoms with E-state index >= 15 is 0 Å². The van der Waals surface area contributed by atoms with Crippen LogP contribution in [0.15, 0.2) is 71.6 Å². The summed E-state index contributed by atoms with van der Waals surface area (Å²) in [4.78, 5) is 26.3. The predicted molar refractivity (Wildman–Crippen MR) is 136 cm³/mol. The molecule has 0 saturated heterocycles. The molecule has 0 aromatic heterocycles. The molecule has 0 aliphatic heterocycles. The number of hydrogen-bond donors (Lipinski definition) is 2. The van der Waals surface area contributed by atoms with Gasteiger partial charge in [-0.3, -0.25) is 9.59 Å². The number of carbonyl (C=O) groups excluding carboxylic acids is 2. The van der Waals surface area contributed by atoms with Crippen molar-refractivity contribution in [1.29, 1.82) is 0 Å². The van der Waals surface area contributed by atoms with Gasteiger partial charge in [0.05, 0.1) is 31.8 Å². The Morgan fingerprint density at radius 1 is 0.882 bits per heavy atom. The van der Waals surface area contributed by atoms with Gasteiger partial charge in [0, 0.05) is 16.1 Å². The highest BCUT2D eigenvalue weighted by Gasteiger charge is 2.17. The largest absolute Gasteiger partial charge is 0.493 e. The first-order valence-corrected chi connectivity index (χ1v) is 11.7. The first-order chi connectivity index (χ1) is 16.4. The molecule has 0 spiro atoms. The molecule has 1 atom stereocenters. The highest BCUT2D eigenvalue weighted by atomic mass is 32.2. The average Bonchev–Trinajstić information content (AvgIpc) is 2.85. The number of para-hydroxylation sites is 2. The smallest absolute Gasteiger partial charge is 0.255 e. The van der Waals surface area contributed by atoms with Gasteiger partial charge in [0.15, 0.2) is 11.5 Å². The zero-order valence-corrected chi connectivity index (χ0v) is 20.4. The van der Waals surface area contributed by atoms with Gasteiger partial charge in [-0.15, -0.1) is 11.8 Å². The molecule has 3 aromatic rings. The molecule has 34 heavy (non-hydrogen) atoms. The van der Waals surface area contributed by atoms with Crippen molar-refractivity contribution in [3.05, 3.63) is 72.3 Å². The second kappa shape index (κ2) is 12.0. The molecule has 8 heteroatoms. The molecule has 0 heterocycles. The van der Waals surface area contributed by atoms with Crippen LogP contribution in [-0.4, -0.2) is 37.9 Å². The normalized spacial score (nSPS) is 11.3. The number of thioether (sulfide) groups is 1. The van der Waals surface area contributed by atoms with Gasteiger partial charge in [-0.1, -0.05) is 18.2 Å². The van der Waals surface area contributed by atoms with E-state index in [4.69, 9.17) is 14.2 Å². The third kappa shape index (κ3) is 6.45. The monoisotopic (exact) mass is 480 g/mol. The maximum absolute atomic E-state index is 12.8. The summed E-state index contributed by atoms with van der Waals surface area (Å²) < 4.78 is 16.1. The van der Waals surface area contributed by atoms with Crippen molar-refractivity contribution in [1.82, 2.24) is 0 Å². The molecule has 3 rings (SSSR count). The van der Waals surface area contributed by atoms with Crippen LogP contribution in [0.2, 0.25) is 0 Å². The molecule has 7 nitrogen and oxygen atoms in total. The Morgan fingerprint density at radius 2 is 1.65 bits per heavy atom. The third-order valence-electron chi connectivity index (χ3n) is 4.86. The lowest BCUT2D eigenvalue weighted by atomic mass is 10.2. The van der Waals surface area contributed by atoms with Crippen LogP contribution >= 0.6 is 11.8 Å². The van der Waals surface area contributed by atoms with Gasteiger partial charge in [-0.05, 0) is 62.4 Å². The molecule has 0 aliphatic rings. The molecule has 0 fully saturated rings.